The molecule has 0 aliphatic heterocycles. The minimum Gasteiger partial charge on any atom is -0.497 e. The highest BCUT2D eigenvalue weighted by Crippen LogP contribution is 2.24. The zero-order valence-electron chi connectivity index (χ0n) is 16.3. The van der Waals surface area contributed by atoms with Gasteiger partial charge in [0.25, 0.3) is 5.91 Å². The van der Waals surface area contributed by atoms with E-state index in [1.54, 1.807) is 14.0 Å². The second-order valence-electron chi connectivity index (χ2n) is 7.04. The summed E-state index contributed by atoms with van der Waals surface area (Å²) in [4.78, 5) is 12.6. The van der Waals surface area contributed by atoms with Crippen LogP contribution in [0.3, 0.4) is 0 Å². The third kappa shape index (κ3) is 5.80. The summed E-state index contributed by atoms with van der Waals surface area (Å²) in [5.74, 6) is 1.84. The van der Waals surface area contributed by atoms with Gasteiger partial charge in [0.1, 0.15) is 11.5 Å². The van der Waals surface area contributed by atoms with Crippen LogP contribution in [0.25, 0.3) is 0 Å². The van der Waals surface area contributed by atoms with Gasteiger partial charge in [0.2, 0.25) is 0 Å². The van der Waals surface area contributed by atoms with Gasteiger partial charge in [-0.05, 0) is 56.0 Å². The fourth-order valence-corrected chi connectivity index (χ4v) is 2.75. The first kappa shape index (κ1) is 19.8. The standard InChI is InChI=1S/C22H29NO3/c1-15(2)14-21(18-8-12-19(25-5)13-9-18)23-22(24)17(4)26-20-10-6-16(3)7-11-20/h6-13,15,17,21H,14H2,1-5H3,(H,23,24)/t17-,21-/m1/s1. The molecule has 0 heterocycles. The Balaban J connectivity index is 2.05. The van der Waals surface area contributed by atoms with E-state index in [4.69, 9.17) is 9.47 Å². The fraction of sp³-hybridized carbons (Fsp3) is 0.409. The Kier molecular flexibility index (Phi) is 7.07. The predicted molar refractivity (Wildman–Crippen MR) is 105 cm³/mol. The number of hydrogen-bond donors (Lipinski definition) is 1. The maximum absolute atomic E-state index is 12.6. The maximum atomic E-state index is 12.6. The van der Waals surface area contributed by atoms with Gasteiger partial charge in [-0.15, -0.1) is 0 Å². The highest BCUT2D eigenvalue weighted by Gasteiger charge is 2.21. The Morgan fingerprint density at radius 3 is 2.08 bits per heavy atom. The second-order valence-corrected chi connectivity index (χ2v) is 7.04. The van der Waals surface area contributed by atoms with Crippen molar-refractivity contribution in [3.63, 3.8) is 0 Å². The van der Waals surface area contributed by atoms with E-state index < -0.39 is 6.10 Å². The summed E-state index contributed by atoms with van der Waals surface area (Å²) < 4.78 is 11.0. The molecule has 0 saturated heterocycles. The van der Waals surface area contributed by atoms with Gasteiger partial charge >= 0.3 is 0 Å². The normalized spacial score (nSPS) is 13.2. The molecular formula is C22H29NO3. The molecule has 0 aliphatic carbocycles. The molecule has 26 heavy (non-hydrogen) atoms. The van der Waals surface area contributed by atoms with Crippen molar-refractivity contribution in [2.24, 2.45) is 5.92 Å². The molecule has 0 spiro atoms. The summed E-state index contributed by atoms with van der Waals surface area (Å²) in [5, 5.41) is 3.13. The number of rotatable bonds is 8. The van der Waals surface area contributed by atoms with Gasteiger partial charge in [-0.3, -0.25) is 4.79 Å². The Hall–Kier alpha value is -2.49. The van der Waals surface area contributed by atoms with E-state index in [-0.39, 0.29) is 11.9 Å². The van der Waals surface area contributed by atoms with Crippen molar-refractivity contribution in [3.05, 3.63) is 59.7 Å². The molecule has 0 fully saturated rings. The molecule has 0 bridgehead atoms. The fourth-order valence-electron chi connectivity index (χ4n) is 2.75. The summed E-state index contributed by atoms with van der Waals surface area (Å²) >= 11 is 0. The summed E-state index contributed by atoms with van der Waals surface area (Å²) in [6.45, 7) is 8.09. The van der Waals surface area contributed by atoms with Crippen molar-refractivity contribution >= 4 is 5.91 Å². The minimum atomic E-state index is -0.564. The first-order chi connectivity index (χ1) is 12.4. The Labute approximate surface area is 156 Å². The van der Waals surface area contributed by atoms with Crippen molar-refractivity contribution in [1.29, 1.82) is 0 Å². The molecule has 140 valence electrons. The smallest absolute Gasteiger partial charge is 0.261 e. The summed E-state index contributed by atoms with van der Waals surface area (Å²) in [6, 6.07) is 15.5. The predicted octanol–water partition coefficient (Wildman–Crippen LogP) is 4.67. The highest BCUT2D eigenvalue weighted by atomic mass is 16.5. The summed E-state index contributed by atoms with van der Waals surface area (Å²) in [7, 11) is 1.65. The van der Waals surface area contributed by atoms with E-state index in [0.29, 0.717) is 11.7 Å². The van der Waals surface area contributed by atoms with Crippen LogP contribution in [0.2, 0.25) is 0 Å². The lowest BCUT2D eigenvalue weighted by Crippen LogP contribution is -2.39. The number of carbonyl (C=O) groups is 1. The van der Waals surface area contributed by atoms with Crippen molar-refractivity contribution in [2.75, 3.05) is 7.11 Å². The third-order valence-corrected chi connectivity index (χ3v) is 4.24. The van der Waals surface area contributed by atoms with E-state index in [1.165, 1.54) is 0 Å². The van der Waals surface area contributed by atoms with Crippen LogP contribution in [-0.4, -0.2) is 19.1 Å². The SMILES string of the molecule is COc1ccc([C@@H](CC(C)C)NC(=O)[C@@H](C)Oc2ccc(C)cc2)cc1. The lowest BCUT2D eigenvalue weighted by Gasteiger charge is -2.24. The number of ether oxygens (including phenoxy) is 2. The van der Waals surface area contributed by atoms with E-state index in [1.807, 2.05) is 55.5 Å². The average molecular weight is 355 g/mol. The molecule has 1 amide bonds. The number of aryl methyl sites for hydroxylation is 1. The number of nitrogens with one attached hydrogen (secondary N) is 1. The molecule has 2 aromatic carbocycles. The average Bonchev–Trinajstić information content (AvgIpc) is 2.62. The highest BCUT2D eigenvalue weighted by molar-refractivity contribution is 5.81. The minimum absolute atomic E-state index is 0.0579. The van der Waals surface area contributed by atoms with Crippen LogP contribution in [0.1, 0.15) is 44.4 Å². The number of benzene rings is 2. The zero-order valence-corrected chi connectivity index (χ0v) is 16.3. The van der Waals surface area contributed by atoms with Gasteiger partial charge in [0, 0.05) is 0 Å². The zero-order chi connectivity index (χ0) is 19.1. The van der Waals surface area contributed by atoms with Crippen molar-refractivity contribution in [2.45, 2.75) is 46.3 Å². The molecule has 1 N–H and O–H groups in total. The third-order valence-electron chi connectivity index (χ3n) is 4.24. The van der Waals surface area contributed by atoms with Gasteiger partial charge in [-0.1, -0.05) is 43.7 Å². The van der Waals surface area contributed by atoms with E-state index in [2.05, 4.69) is 19.2 Å². The Bertz CT molecular complexity index is 692. The van der Waals surface area contributed by atoms with E-state index >= 15 is 0 Å². The number of hydrogen-bond acceptors (Lipinski definition) is 3. The molecule has 0 radical (unpaired) electrons. The van der Waals surface area contributed by atoms with Crippen LogP contribution in [0.4, 0.5) is 0 Å². The first-order valence-electron chi connectivity index (χ1n) is 9.06. The molecule has 4 nitrogen and oxygen atoms in total. The first-order valence-corrected chi connectivity index (χ1v) is 9.06. The van der Waals surface area contributed by atoms with E-state index in [9.17, 15) is 4.79 Å². The van der Waals surface area contributed by atoms with Crippen molar-refractivity contribution < 1.29 is 14.3 Å². The van der Waals surface area contributed by atoms with Gasteiger partial charge < -0.3 is 14.8 Å². The lowest BCUT2D eigenvalue weighted by atomic mass is 9.96. The number of carbonyl (C=O) groups excluding carboxylic acids is 1. The summed E-state index contributed by atoms with van der Waals surface area (Å²) in [5.41, 5.74) is 2.22. The van der Waals surface area contributed by atoms with Gasteiger partial charge in [0.15, 0.2) is 6.10 Å². The maximum Gasteiger partial charge on any atom is 0.261 e. The van der Waals surface area contributed by atoms with Crippen LogP contribution < -0.4 is 14.8 Å². The van der Waals surface area contributed by atoms with Crippen LogP contribution in [0.5, 0.6) is 11.5 Å². The van der Waals surface area contributed by atoms with Crippen LogP contribution in [-0.2, 0) is 4.79 Å². The topological polar surface area (TPSA) is 47.6 Å². The molecule has 0 aliphatic rings. The monoisotopic (exact) mass is 355 g/mol. The second kappa shape index (κ2) is 9.27. The quantitative estimate of drug-likeness (QED) is 0.748. The Morgan fingerprint density at radius 2 is 1.54 bits per heavy atom. The number of amides is 1. The molecule has 2 rings (SSSR count). The van der Waals surface area contributed by atoms with E-state index in [0.717, 1.165) is 23.3 Å². The molecule has 2 aromatic rings. The number of methoxy groups -OCH3 is 1. The molecule has 0 aromatic heterocycles. The molecular weight excluding hydrogens is 326 g/mol. The van der Waals surface area contributed by atoms with Gasteiger partial charge in [-0.2, -0.15) is 0 Å². The largest absolute Gasteiger partial charge is 0.497 e. The lowest BCUT2D eigenvalue weighted by molar-refractivity contribution is -0.128. The Morgan fingerprint density at radius 1 is 0.962 bits per heavy atom. The van der Waals surface area contributed by atoms with Crippen molar-refractivity contribution in [1.82, 2.24) is 5.32 Å². The molecule has 0 saturated carbocycles. The van der Waals surface area contributed by atoms with Gasteiger partial charge in [-0.25, -0.2) is 0 Å². The van der Waals surface area contributed by atoms with Gasteiger partial charge in [0.05, 0.1) is 13.2 Å². The molecule has 2 atom stereocenters. The van der Waals surface area contributed by atoms with Crippen molar-refractivity contribution in [3.8, 4) is 11.5 Å². The van der Waals surface area contributed by atoms with Crippen LogP contribution in [0, 0.1) is 12.8 Å². The summed E-state index contributed by atoms with van der Waals surface area (Å²) in [6.07, 6.45) is 0.292. The van der Waals surface area contributed by atoms with Crippen LogP contribution >= 0.6 is 0 Å². The molecule has 0 unspecified atom stereocenters. The van der Waals surface area contributed by atoms with Crippen LogP contribution in [0.15, 0.2) is 48.5 Å². The molecule has 4 heteroatoms.